The molecule has 0 bridgehead atoms. The Bertz CT molecular complexity index is 995. The fraction of sp³-hybridized carbons (Fsp3) is 0.222. The van der Waals surface area contributed by atoms with E-state index in [2.05, 4.69) is 20.4 Å². The number of carbonyl (C=O) groups is 1. The molecular weight excluding hydrogens is 404 g/mol. The van der Waals surface area contributed by atoms with E-state index in [0.29, 0.717) is 39.0 Å². The third kappa shape index (κ3) is 4.73. The van der Waals surface area contributed by atoms with Crippen LogP contribution in [0.1, 0.15) is 5.82 Å². The van der Waals surface area contributed by atoms with Crippen molar-refractivity contribution in [3.05, 3.63) is 41.3 Å². The molecule has 1 aromatic carbocycles. The lowest BCUT2D eigenvalue weighted by Gasteiger charge is -2.13. The van der Waals surface area contributed by atoms with Gasteiger partial charge >= 0.3 is 0 Å². The summed E-state index contributed by atoms with van der Waals surface area (Å²) in [6.07, 6.45) is 1.63. The number of methoxy groups -OCH3 is 2. The van der Waals surface area contributed by atoms with E-state index in [9.17, 15) is 4.79 Å². The van der Waals surface area contributed by atoms with Gasteiger partial charge in [-0.05, 0) is 25.1 Å². The molecule has 1 amide bonds. The molecule has 3 rings (SSSR count). The molecule has 0 aliphatic carbocycles. The molecule has 146 valence electrons. The van der Waals surface area contributed by atoms with Gasteiger partial charge in [-0.1, -0.05) is 28.5 Å². The number of anilines is 1. The van der Waals surface area contributed by atoms with Crippen LogP contribution in [0.4, 0.5) is 5.69 Å². The van der Waals surface area contributed by atoms with Crippen molar-refractivity contribution in [3.8, 4) is 23.0 Å². The third-order valence-corrected chi connectivity index (χ3v) is 4.83. The van der Waals surface area contributed by atoms with Crippen molar-refractivity contribution in [2.75, 3.05) is 25.3 Å². The Morgan fingerprint density at radius 3 is 2.71 bits per heavy atom. The molecule has 10 heteroatoms. The molecule has 0 atom stereocenters. The largest absolute Gasteiger partial charge is 0.495 e. The first-order valence-electron chi connectivity index (χ1n) is 8.11. The van der Waals surface area contributed by atoms with Crippen molar-refractivity contribution >= 4 is 35.0 Å². The molecule has 0 fully saturated rings. The van der Waals surface area contributed by atoms with Crippen LogP contribution in [-0.2, 0) is 4.79 Å². The van der Waals surface area contributed by atoms with E-state index < -0.39 is 0 Å². The highest BCUT2D eigenvalue weighted by Crippen LogP contribution is 2.36. The number of hydrogen-bond acceptors (Lipinski definition) is 8. The lowest BCUT2D eigenvalue weighted by molar-refractivity contribution is -0.113. The zero-order valence-corrected chi connectivity index (χ0v) is 16.9. The predicted molar refractivity (Wildman–Crippen MR) is 106 cm³/mol. The second-order valence-electron chi connectivity index (χ2n) is 5.55. The molecule has 0 spiro atoms. The van der Waals surface area contributed by atoms with Crippen molar-refractivity contribution < 1.29 is 18.8 Å². The number of thioether (sulfide) groups is 1. The van der Waals surface area contributed by atoms with E-state index in [1.165, 1.54) is 26.0 Å². The van der Waals surface area contributed by atoms with Gasteiger partial charge in [-0.2, -0.15) is 4.98 Å². The smallest absolute Gasteiger partial charge is 0.258 e. The minimum Gasteiger partial charge on any atom is -0.495 e. The zero-order valence-electron chi connectivity index (χ0n) is 15.4. The van der Waals surface area contributed by atoms with Crippen molar-refractivity contribution in [2.24, 2.45) is 0 Å². The molecule has 0 saturated carbocycles. The van der Waals surface area contributed by atoms with Crippen LogP contribution in [0.2, 0.25) is 5.02 Å². The maximum atomic E-state index is 12.3. The van der Waals surface area contributed by atoms with Gasteiger partial charge in [0.15, 0.2) is 5.82 Å². The molecule has 2 aromatic heterocycles. The second-order valence-corrected chi connectivity index (χ2v) is 6.96. The topological polar surface area (TPSA) is 99.4 Å². The SMILES string of the molecule is COc1cc(OC)c(NC(=O)CSc2cc(-c3nc(C)no3)ccn2)cc1Cl. The summed E-state index contributed by atoms with van der Waals surface area (Å²) in [5.74, 6) is 1.78. The van der Waals surface area contributed by atoms with Crippen LogP contribution in [0, 0.1) is 6.92 Å². The summed E-state index contributed by atoms with van der Waals surface area (Å²) in [6, 6.07) is 6.75. The van der Waals surface area contributed by atoms with Crippen LogP contribution in [-0.4, -0.2) is 41.0 Å². The lowest BCUT2D eigenvalue weighted by atomic mass is 10.2. The maximum absolute atomic E-state index is 12.3. The van der Waals surface area contributed by atoms with E-state index in [1.807, 2.05) is 0 Å². The van der Waals surface area contributed by atoms with Gasteiger partial charge in [0.2, 0.25) is 5.91 Å². The molecule has 0 unspecified atom stereocenters. The number of carbonyl (C=O) groups excluding carboxylic acids is 1. The highest BCUT2D eigenvalue weighted by molar-refractivity contribution is 7.99. The van der Waals surface area contributed by atoms with Gasteiger partial charge in [-0.25, -0.2) is 4.98 Å². The molecule has 1 N–H and O–H groups in total. The number of rotatable bonds is 7. The van der Waals surface area contributed by atoms with Crippen LogP contribution in [0.5, 0.6) is 11.5 Å². The van der Waals surface area contributed by atoms with E-state index in [-0.39, 0.29) is 11.7 Å². The number of ether oxygens (including phenoxy) is 2. The molecule has 0 radical (unpaired) electrons. The first-order valence-corrected chi connectivity index (χ1v) is 9.47. The zero-order chi connectivity index (χ0) is 20.1. The predicted octanol–water partition coefficient (Wildman–Crippen LogP) is 3.84. The Labute approximate surface area is 170 Å². The maximum Gasteiger partial charge on any atom is 0.258 e. The van der Waals surface area contributed by atoms with Gasteiger partial charge < -0.3 is 19.3 Å². The number of aromatic nitrogens is 3. The molecule has 28 heavy (non-hydrogen) atoms. The fourth-order valence-electron chi connectivity index (χ4n) is 2.32. The van der Waals surface area contributed by atoms with Crippen molar-refractivity contribution in [1.29, 1.82) is 0 Å². The fourth-order valence-corrected chi connectivity index (χ4v) is 3.26. The number of pyridine rings is 1. The second kappa shape index (κ2) is 8.94. The lowest BCUT2D eigenvalue weighted by Crippen LogP contribution is -2.15. The third-order valence-electron chi connectivity index (χ3n) is 3.61. The molecule has 8 nitrogen and oxygen atoms in total. The summed E-state index contributed by atoms with van der Waals surface area (Å²) in [5, 5.41) is 7.58. The van der Waals surface area contributed by atoms with Crippen LogP contribution >= 0.6 is 23.4 Å². The average molecular weight is 421 g/mol. The van der Waals surface area contributed by atoms with E-state index in [4.69, 9.17) is 25.6 Å². The molecule has 3 aromatic rings. The Kier molecular flexibility index (Phi) is 6.37. The Morgan fingerprint density at radius 2 is 2.04 bits per heavy atom. The van der Waals surface area contributed by atoms with Crippen LogP contribution in [0.3, 0.4) is 0 Å². The average Bonchev–Trinajstić information content (AvgIpc) is 3.13. The van der Waals surface area contributed by atoms with E-state index >= 15 is 0 Å². The summed E-state index contributed by atoms with van der Waals surface area (Å²) in [7, 11) is 3.01. The normalized spacial score (nSPS) is 10.6. The van der Waals surface area contributed by atoms with Crippen LogP contribution in [0.15, 0.2) is 40.0 Å². The summed E-state index contributed by atoms with van der Waals surface area (Å²) in [4.78, 5) is 20.8. The molecule has 0 aliphatic heterocycles. The van der Waals surface area contributed by atoms with E-state index in [1.54, 1.807) is 37.4 Å². The highest BCUT2D eigenvalue weighted by atomic mass is 35.5. The van der Waals surface area contributed by atoms with Crippen molar-refractivity contribution in [1.82, 2.24) is 15.1 Å². The van der Waals surface area contributed by atoms with Gasteiger partial charge in [0.25, 0.3) is 5.89 Å². The quantitative estimate of drug-likeness (QED) is 0.575. The highest BCUT2D eigenvalue weighted by Gasteiger charge is 2.14. The van der Waals surface area contributed by atoms with Crippen LogP contribution in [0.25, 0.3) is 11.5 Å². The Morgan fingerprint density at radius 1 is 1.25 bits per heavy atom. The van der Waals surface area contributed by atoms with E-state index in [0.717, 1.165) is 5.56 Å². The first kappa shape index (κ1) is 20.0. The summed E-state index contributed by atoms with van der Waals surface area (Å²) < 4.78 is 15.6. The number of halogens is 1. The van der Waals surface area contributed by atoms with Gasteiger partial charge in [0.05, 0.1) is 35.7 Å². The standard InChI is InChI=1S/C18H17ClN4O4S/c1-10-21-18(27-23-10)11-4-5-20-17(6-11)28-9-16(24)22-13-7-12(19)14(25-2)8-15(13)26-3/h4-8H,9H2,1-3H3,(H,22,24). The number of benzene rings is 1. The molecule has 0 aliphatic rings. The number of nitrogens with zero attached hydrogens (tertiary/aromatic N) is 3. The monoisotopic (exact) mass is 420 g/mol. The van der Waals surface area contributed by atoms with Crippen LogP contribution < -0.4 is 14.8 Å². The number of aryl methyl sites for hydroxylation is 1. The van der Waals surface area contributed by atoms with Gasteiger partial charge in [0, 0.05) is 17.8 Å². The molecule has 2 heterocycles. The molecule has 0 saturated heterocycles. The van der Waals surface area contributed by atoms with Gasteiger partial charge in [0.1, 0.15) is 11.5 Å². The Hall–Kier alpha value is -2.78. The summed E-state index contributed by atoms with van der Waals surface area (Å²) >= 11 is 7.40. The van der Waals surface area contributed by atoms with Gasteiger partial charge in [-0.15, -0.1) is 0 Å². The minimum atomic E-state index is -0.231. The number of amides is 1. The van der Waals surface area contributed by atoms with Crippen molar-refractivity contribution in [3.63, 3.8) is 0 Å². The van der Waals surface area contributed by atoms with Gasteiger partial charge in [-0.3, -0.25) is 4.79 Å². The minimum absolute atomic E-state index is 0.145. The number of hydrogen-bond donors (Lipinski definition) is 1. The first-order chi connectivity index (χ1) is 13.5. The molecular formula is C18H17ClN4O4S. The Balaban J connectivity index is 1.66. The summed E-state index contributed by atoms with van der Waals surface area (Å²) in [6.45, 7) is 1.74. The van der Waals surface area contributed by atoms with Crippen molar-refractivity contribution in [2.45, 2.75) is 11.9 Å². The summed E-state index contributed by atoms with van der Waals surface area (Å²) in [5.41, 5.74) is 1.20. The number of nitrogens with one attached hydrogen (secondary N) is 1.